The Morgan fingerprint density at radius 3 is 2.78 bits per heavy atom. The third-order valence-electron chi connectivity index (χ3n) is 5.40. The summed E-state index contributed by atoms with van der Waals surface area (Å²) in [4.78, 5) is 17.0. The highest BCUT2D eigenvalue weighted by molar-refractivity contribution is 5.79. The number of rotatable bonds is 4. The number of hydrogen-bond acceptors (Lipinski definition) is 4. The number of nitrogens with zero attached hydrogens (tertiary/aromatic N) is 4. The van der Waals surface area contributed by atoms with E-state index in [-0.39, 0.29) is 5.92 Å². The molecule has 0 aliphatic carbocycles. The van der Waals surface area contributed by atoms with Crippen molar-refractivity contribution in [3.63, 3.8) is 0 Å². The molecule has 2 fully saturated rings. The highest BCUT2D eigenvalue weighted by Crippen LogP contribution is 2.36. The average molecular weight is 320 g/mol. The summed E-state index contributed by atoms with van der Waals surface area (Å²) < 4.78 is 7.26. The Labute approximate surface area is 138 Å². The molecule has 1 aromatic heterocycles. The Balaban J connectivity index is 1.68. The number of piperidine rings is 1. The third kappa shape index (κ3) is 3.58. The molecule has 3 heterocycles. The van der Waals surface area contributed by atoms with Gasteiger partial charge in [-0.15, -0.1) is 0 Å². The van der Waals surface area contributed by atoms with Gasteiger partial charge in [0.15, 0.2) is 0 Å². The molecule has 1 amide bonds. The molecule has 6 heteroatoms. The summed E-state index contributed by atoms with van der Waals surface area (Å²) in [6.07, 6.45) is 6.04. The Hall–Kier alpha value is -1.40. The van der Waals surface area contributed by atoms with E-state index in [9.17, 15) is 4.79 Å². The molecule has 0 aromatic carbocycles. The molecule has 0 saturated carbocycles. The van der Waals surface area contributed by atoms with Gasteiger partial charge >= 0.3 is 0 Å². The predicted octanol–water partition coefficient (Wildman–Crippen LogP) is 0.983. The van der Waals surface area contributed by atoms with E-state index in [2.05, 4.69) is 16.2 Å². The van der Waals surface area contributed by atoms with Crippen LogP contribution in [0.15, 0.2) is 12.4 Å². The topological polar surface area (TPSA) is 50.6 Å². The molecule has 0 unspecified atom stereocenters. The van der Waals surface area contributed by atoms with Crippen molar-refractivity contribution in [2.24, 2.45) is 24.8 Å². The molecule has 0 N–H and O–H groups in total. The van der Waals surface area contributed by atoms with E-state index in [1.54, 1.807) is 7.11 Å². The fraction of sp³-hybridized carbons (Fsp3) is 0.765. The molecule has 0 radical (unpaired) electrons. The maximum atomic E-state index is 12.6. The normalized spacial score (nSPS) is 29.4. The summed E-state index contributed by atoms with van der Waals surface area (Å²) in [6, 6.07) is 0. The molecule has 2 aliphatic heterocycles. The number of aryl methyl sites for hydroxylation is 1. The lowest BCUT2D eigenvalue weighted by molar-refractivity contribution is -0.143. The molecule has 2 aliphatic rings. The Morgan fingerprint density at radius 1 is 1.30 bits per heavy atom. The first kappa shape index (κ1) is 16.5. The molecule has 3 atom stereocenters. The van der Waals surface area contributed by atoms with Gasteiger partial charge in [0.2, 0.25) is 5.91 Å². The van der Waals surface area contributed by atoms with Crippen LogP contribution in [0, 0.1) is 17.8 Å². The maximum Gasteiger partial charge on any atom is 0.225 e. The fourth-order valence-corrected chi connectivity index (χ4v) is 4.27. The number of likely N-dealkylation sites (tertiary alicyclic amines) is 2. The van der Waals surface area contributed by atoms with Crippen LogP contribution in [-0.2, 0) is 23.1 Å². The van der Waals surface area contributed by atoms with Gasteiger partial charge in [0.25, 0.3) is 0 Å². The lowest BCUT2D eigenvalue weighted by atomic mass is 9.75. The highest BCUT2D eigenvalue weighted by atomic mass is 16.5. The zero-order valence-electron chi connectivity index (χ0n) is 14.4. The van der Waals surface area contributed by atoms with Crippen molar-refractivity contribution in [3.8, 4) is 0 Å². The Kier molecular flexibility index (Phi) is 5.02. The molecular formula is C17H28N4O2. The zero-order chi connectivity index (χ0) is 16.4. The van der Waals surface area contributed by atoms with Crippen molar-refractivity contribution in [2.45, 2.75) is 19.4 Å². The van der Waals surface area contributed by atoms with Gasteiger partial charge in [0, 0.05) is 57.9 Å². The number of carbonyl (C=O) groups excluding carboxylic acids is 1. The highest BCUT2D eigenvalue weighted by Gasteiger charge is 2.42. The van der Waals surface area contributed by atoms with Gasteiger partial charge in [-0.1, -0.05) is 0 Å². The van der Waals surface area contributed by atoms with Gasteiger partial charge in [-0.2, -0.15) is 5.10 Å². The summed E-state index contributed by atoms with van der Waals surface area (Å²) in [6.45, 7) is 4.53. The maximum absolute atomic E-state index is 12.6. The predicted molar refractivity (Wildman–Crippen MR) is 87.7 cm³/mol. The second kappa shape index (κ2) is 7.01. The summed E-state index contributed by atoms with van der Waals surface area (Å²) in [7, 11) is 5.64. The first-order valence-electron chi connectivity index (χ1n) is 8.52. The van der Waals surface area contributed by atoms with E-state index in [0.717, 1.165) is 45.6 Å². The molecule has 3 rings (SSSR count). The number of methoxy groups -OCH3 is 1. The van der Waals surface area contributed by atoms with Gasteiger partial charge in [0.05, 0.1) is 12.8 Å². The van der Waals surface area contributed by atoms with E-state index >= 15 is 0 Å². The standard InChI is InChI=1S/C17H28N4O2/c1-19-11-14(12-23-3)15-4-6-21(7-5-16(15)17(19)22)10-13-8-18-20(2)9-13/h8-9,14-16H,4-7,10-12H2,1-3H3/t14-,15-,16-/m0/s1. The van der Waals surface area contributed by atoms with E-state index in [1.807, 2.05) is 29.9 Å². The van der Waals surface area contributed by atoms with Crippen LogP contribution in [0.3, 0.4) is 0 Å². The van der Waals surface area contributed by atoms with Crippen LogP contribution in [0.4, 0.5) is 0 Å². The molecule has 1 aromatic rings. The van der Waals surface area contributed by atoms with Crippen molar-refractivity contribution in [2.75, 3.05) is 40.4 Å². The second-order valence-electron chi connectivity index (χ2n) is 7.08. The van der Waals surface area contributed by atoms with Gasteiger partial charge in [-0.25, -0.2) is 0 Å². The Bertz CT molecular complexity index is 544. The van der Waals surface area contributed by atoms with Crippen LogP contribution in [0.1, 0.15) is 18.4 Å². The average Bonchev–Trinajstić information content (AvgIpc) is 2.80. The van der Waals surface area contributed by atoms with Crippen LogP contribution < -0.4 is 0 Å². The van der Waals surface area contributed by atoms with Crippen LogP contribution in [-0.4, -0.2) is 65.9 Å². The van der Waals surface area contributed by atoms with Gasteiger partial charge in [-0.05, 0) is 31.8 Å². The van der Waals surface area contributed by atoms with Crippen molar-refractivity contribution in [1.82, 2.24) is 19.6 Å². The quantitative estimate of drug-likeness (QED) is 0.830. The molecule has 128 valence electrons. The summed E-state index contributed by atoms with van der Waals surface area (Å²) in [5.41, 5.74) is 1.24. The summed E-state index contributed by atoms with van der Waals surface area (Å²) in [5.74, 6) is 1.40. The SMILES string of the molecule is COC[C@@H]1CN(C)C(=O)[C@H]2CCN(Cc3cnn(C)c3)CC[C@@H]12. The molecular weight excluding hydrogens is 292 g/mol. The molecule has 6 nitrogen and oxygen atoms in total. The largest absolute Gasteiger partial charge is 0.384 e. The number of fused-ring (bicyclic) bond motifs is 1. The van der Waals surface area contributed by atoms with Gasteiger partial charge < -0.3 is 9.64 Å². The van der Waals surface area contributed by atoms with Crippen LogP contribution >= 0.6 is 0 Å². The molecule has 0 bridgehead atoms. The van der Waals surface area contributed by atoms with E-state index in [1.165, 1.54) is 5.56 Å². The molecule has 23 heavy (non-hydrogen) atoms. The smallest absolute Gasteiger partial charge is 0.225 e. The third-order valence-corrected chi connectivity index (χ3v) is 5.40. The fourth-order valence-electron chi connectivity index (χ4n) is 4.27. The number of aromatic nitrogens is 2. The zero-order valence-corrected chi connectivity index (χ0v) is 14.4. The first-order valence-corrected chi connectivity index (χ1v) is 8.52. The van der Waals surface area contributed by atoms with Crippen molar-refractivity contribution < 1.29 is 9.53 Å². The number of carbonyl (C=O) groups is 1. The lowest BCUT2D eigenvalue weighted by Crippen LogP contribution is -2.49. The lowest BCUT2D eigenvalue weighted by Gasteiger charge is -2.40. The van der Waals surface area contributed by atoms with E-state index < -0.39 is 0 Å². The van der Waals surface area contributed by atoms with Crippen LogP contribution in [0.5, 0.6) is 0 Å². The van der Waals surface area contributed by atoms with Crippen molar-refractivity contribution >= 4 is 5.91 Å². The minimum Gasteiger partial charge on any atom is -0.384 e. The number of hydrogen-bond donors (Lipinski definition) is 0. The van der Waals surface area contributed by atoms with Crippen LogP contribution in [0.25, 0.3) is 0 Å². The van der Waals surface area contributed by atoms with E-state index in [4.69, 9.17) is 4.74 Å². The first-order chi connectivity index (χ1) is 11.1. The minimum atomic E-state index is 0.160. The summed E-state index contributed by atoms with van der Waals surface area (Å²) >= 11 is 0. The van der Waals surface area contributed by atoms with Crippen molar-refractivity contribution in [3.05, 3.63) is 18.0 Å². The second-order valence-corrected chi connectivity index (χ2v) is 7.08. The Morgan fingerprint density at radius 2 is 2.09 bits per heavy atom. The number of ether oxygens (including phenoxy) is 1. The van der Waals surface area contributed by atoms with Crippen molar-refractivity contribution in [1.29, 1.82) is 0 Å². The minimum absolute atomic E-state index is 0.160. The number of amides is 1. The molecule has 0 spiro atoms. The summed E-state index contributed by atoms with van der Waals surface area (Å²) in [5, 5.41) is 4.25. The van der Waals surface area contributed by atoms with Crippen LogP contribution in [0.2, 0.25) is 0 Å². The van der Waals surface area contributed by atoms with Gasteiger partial charge in [0.1, 0.15) is 0 Å². The molecule has 2 saturated heterocycles. The monoisotopic (exact) mass is 320 g/mol. The van der Waals surface area contributed by atoms with Gasteiger partial charge in [-0.3, -0.25) is 14.4 Å². The van der Waals surface area contributed by atoms with E-state index in [0.29, 0.717) is 17.7 Å².